The monoisotopic (exact) mass is 149 g/mol. The van der Waals surface area contributed by atoms with Crippen LogP contribution in [0.5, 0.6) is 0 Å². The summed E-state index contributed by atoms with van der Waals surface area (Å²) in [5, 5.41) is 0. The number of carbonyl (C=O) groups excluding carboxylic acids is 1. The molecule has 0 saturated heterocycles. The number of aliphatic imine (C=N–C) groups is 1. The number of allylic oxidation sites excluding steroid dienone is 4. The lowest BCUT2D eigenvalue weighted by molar-refractivity contribution is 0.565. The average molecular weight is 149 g/mol. The first-order valence-electron chi connectivity index (χ1n) is 3.26. The molecule has 11 heavy (non-hydrogen) atoms. The second kappa shape index (κ2) is 5.39. The van der Waals surface area contributed by atoms with Crippen LogP contribution in [0.25, 0.3) is 0 Å². The van der Waals surface area contributed by atoms with E-state index in [4.69, 9.17) is 0 Å². The molecule has 2 heteroatoms. The molecule has 0 aliphatic rings. The van der Waals surface area contributed by atoms with E-state index in [1.165, 1.54) is 12.2 Å². The SMILES string of the molecule is C=C/C(=C\C=C(C)C)N=C=O. The number of hydrogen-bond acceptors (Lipinski definition) is 2. The minimum atomic E-state index is 0.529. The van der Waals surface area contributed by atoms with Crippen LogP contribution < -0.4 is 0 Å². The molecule has 0 aromatic carbocycles. The molecule has 2 nitrogen and oxygen atoms in total. The molecule has 0 amide bonds. The normalized spacial score (nSPS) is 9.82. The molecule has 0 saturated carbocycles. The molecule has 0 aliphatic carbocycles. The Morgan fingerprint density at radius 2 is 2.09 bits per heavy atom. The van der Waals surface area contributed by atoms with Crippen LogP contribution in [-0.4, -0.2) is 6.08 Å². The van der Waals surface area contributed by atoms with Gasteiger partial charge in [0, 0.05) is 0 Å². The van der Waals surface area contributed by atoms with Gasteiger partial charge in [-0.05, 0) is 26.0 Å². The van der Waals surface area contributed by atoms with Crippen molar-refractivity contribution >= 4 is 6.08 Å². The van der Waals surface area contributed by atoms with Gasteiger partial charge in [0.15, 0.2) is 0 Å². The highest BCUT2D eigenvalue weighted by atomic mass is 16.1. The number of nitrogens with zero attached hydrogens (tertiary/aromatic N) is 1. The first-order chi connectivity index (χ1) is 5.20. The van der Waals surface area contributed by atoms with E-state index in [1.807, 2.05) is 19.9 Å². The van der Waals surface area contributed by atoms with Crippen molar-refractivity contribution in [3.05, 3.63) is 36.1 Å². The topological polar surface area (TPSA) is 29.4 Å². The molecule has 0 N–H and O–H groups in total. The predicted octanol–water partition coefficient (Wildman–Crippen LogP) is 2.36. The van der Waals surface area contributed by atoms with Gasteiger partial charge in [-0.3, -0.25) is 0 Å². The van der Waals surface area contributed by atoms with E-state index in [0.29, 0.717) is 5.70 Å². The van der Waals surface area contributed by atoms with Crippen molar-refractivity contribution in [2.45, 2.75) is 13.8 Å². The first-order valence-corrected chi connectivity index (χ1v) is 3.26. The van der Waals surface area contributed by atoms with E-state index in [1.54, 1.807) is 6.08 Å². The van der Waals surface area contributed by atoms with Gasteiger partial charge >= 0.3 is 0 Å². The fourth-order valence-electron chi connectivity index (χ4n) is 0.456. The van der Waals surface area contributed by atoms with Gasteiger partial charge in [0.05, 0.1) is 5.70 Å². The summed E-state index contributed by atoms with van der Waals surface area (Å²) in [6, 6.07) is 0. The molecule has 0 aromatic rings. The zero-order valence-corrected chi connectivity index (χ0v) is 6.79. The van der Waals surface area contributed by atoms with Crippen LogP contribution in [0.4, 0.5) is 0 Å². The third-order valence-corrected chi connectivity index (χ3v) is 0.971. The number of hydrogen-bond donors (Lipinski definition) is 0. The lowest BCUT2D eigenvalue weighted by atomic mass is 10.3. The highest BCUT2D eigenvalue weighted by molar-refractivity contribution is 5.40. The van der Waals surface area contributed by atoms with Gasteiger partial charge in [-0.2, -0.15) is 4.99 Å². The Hall–Kier alpha value is -1.40. The Morgan fingerprint density at radius 3 is 2.45 bits per heavy atom. The molecule has 58 valence electrons. The Bertz CT molecular complexity index is 238. The van der Waals surface area contributed by atoms with Crippen molar-refractivity contribution in [3.63, 3.8) is 0 Å². The van der Waals surface area contributed by atoms with Crippen molar-refractivity contribution in [3.8, 4) is 0 Å². The van der Waals surface area contributed by atoms with Gasteiger partial charge < -0.3 is 0 Å². The molecule has 0 fully saturated rings. The highest BCUT2D eigenvalue weighted by Gasteiger charge is 1.81. The van der Waals surface area contributed by atoms with Gasteiger partial charge in [0.25, 0.3) is 0 Å². The molecule has 0 bridgehead atoms. The quantitative estimate of drug-likeness (QED) is 0.344. The van der Waals surface area contributed by atoms with Crippen LogP contribution in [-0.2, 0) is 4.79 Å². The van der Waals surface area contributed by atoms with Crippen LogP contribution in [0.3, 0.4) is 0 Å². The number of rotatable bonds is 3. The molecule has 0 aliphatic heterocycles. The van der Waals surface area contributed by atoms with Gasteiger partial charge in [0.2, 0.25) is 6.08 Å². The lowest BCUT2D eigenvalue weighted by Crippen LogP contribution is -1.69. The Morgan fingerprint density at radius 1 is 1.45 bits per heavy atom. The summed E-state index contributed by atoms with van der Waals surface area (Å²) in [6.07, 6.45) is 6.53. The summed E-state index contributed by atoms with van der Waals surface area (Å²) >= 11 is 0. The zero-order valence-electron chi connectivity index (χ0n) is 6.79. The molecular formula is C9H11NO. The molecule has 0 rings (SSSR count). The van der Waals surface area contributed by atoms with Crippen molar-refractivity contribution in [1.82, 2.24) is 0 Å². The first kappa shape index (κ1) is 9.60. The second-order valence-electron chi connectivity index (χ2n) is 2.24. The fraction of sp³-hybridized carbons (Fsp3) is 0.222. The zero-order chi connectivity index (χ0) is 8.69. The summed E-state index contributed by atoms with van der Waals surface area (Å²) in [5.74, 6) is 0. The number of isocyanates is 1. The molecular weight excluding hydrogens is 138 g/mol. The molecule has 0 unspecified atom stereocenters. The van der Waals surface area contributed by atoms with E-state index >= 15 is 0 Å². The van der Waals surface area contributed by atoms with Crippen LogP contribution >= 0.6 is 0 Å². The fourth-order valence-corrected chi connectivity index (χ4v) is 0.456. The van der Waals surface area contributed by atoms with Crippen LogP contribution in [0.15, 0.2) is 41.1 Å². The maximum atomic E-state index is 9.82. The van der Waals surface area contributed by atoms with Gasteiger partial charge in [-0.25, -0.2) is 4.79 Å². The second-order valence-corrected chi connectivity index (χ2v) is 2.24. The summed E-state index contributed by atoms with van der Waals surface area (Å²) in [5.41, 5.74) is 1.67. The summed E-state index contributed by atoms with van der Waals surface area (Å²) in [7, 11) is 0. The van der Waals surface area contributed by atoms with Crippen LogP contribution in [0.1, 0.15) is 13.8 Å². The molecule has 0 heterocycles. The van der Waals surface area contributed by atoms with Gasteiger partial charge in [-0.15, -0.1) is 0 Å². The minimum absolute atomic E-state index is 0.529. The summed E-state index contributed by atoms with van der Waals surface area (Å²) < 4.78 is 0. The van der Waals surface area contributed by atoms with E-state index in [0.717, 1.165) is 5.57 Å². The lowest BCUT2D eigenvalue weighted by Gasteiger charge is -1.86. The van der Waals surface area contributed by atoms with Crippen LogP contribution in [0.2, 0.25) is 0 Å². The van der Waals surface area contributed by atoms with E-state index in [2.05, 4.69) is 11.6 Å². The van der Waals surface area contributed by atoms with Crippen molar-refractivity contribution in [1.29, 1.82) is 0 Å². The van der Waals surface area contributed by atoms with E-state index < -0.39 is 0 Å². The maximum absolute atomic E-state index is 9.82. The largest absolute Gasteiger partial charge is 0.240 e. The third-order valence-electron chi connectivity index (χ3n) is 0.971. The minimum Gasteiger partial charge on any atom is -0.211 e. The van der Waals surface area contributed by atoms with Crippen molar-refractivity contribution in [2.24, 2.45) is 4.99 Å². The van der Waals surface area contributed by atoms with Crippen molar-refractivity contribution < 1.29 is 4.79 Å². The highest BCUT2D eigenvalue weighted by Crippen LogP contribution is 1.98. The summed E-state index contributed by atoms with van der Waals surface area (Å²) in [4.78, 5) is 13.2. The molecule has 0 atom stereocenters. The Balaban J connectivity index is 4.48. The van der Waals surface area contributed by atoms with Gasteiger partial charge in [-0.1, -0.05) is 18.2 Å². The Kier molecular flexibility index (Phi) is 4.70. The molecule has 0 aromatic heterocycles. The van der Waals surface area contributed by atoms with E-state index in [-0.39, 0.29) is 0 Å². The van der Waals surface area contributed by atoms with E-state index in [9.17, 15) is 4.79 Å². The average Bonchev–Trinajstić information content (AvgIpc) is 1.97. The van der Waals surface area contributed by atoms with Crippen LogP contribution in [0, 0.1) is 0 Å². The maximum Gasteiger partial charge on any atom is 0.240 e. The standard InChI is InChI=1S/C9H11NO/c1-4-9(10-7-11)6-5-8(2)3/h4-6H,1H2,2-3H3/b9-6+. The molecule has 0 radical (unpaired) electrons. The van der Waals surface area contributed by atoms with Crippen molar-refractivity contribution in [2.75, 3.05) is 0 Å². The summed E-state index contributed by atoms with van der Waals surface area (Å²) in [6.45, 7) is 7.41. The smallest absolute Gasteiger partial charge is 0.211 e. The third kappa shape index (κ3) is 5.07. The molecule has 0 spiro atoms. The van der Waals surface area contributed by atoms with Gasteiger partial charge in [0.1, 0.15) is 0 Å². The predicted molar refractivity (Wildman–Crippen MR) is 45.8 cm³/mol. The Labute approximate surface area is 66.6 Å².